The Labute approximate surface area is 146 Å². The van der Waals surface area contributed by atoms with Gasteiger partial charge in [0.25, 0.3) is 0 Å². The summed E-state index contributed by atoms with van der Waals surface area (Å²) in [7, 11) is -1.94. The van der Waals surface area contributed by atoms with Crippen molar-refractivity contribution in [2.75, 3.05) is 18.6 Å². The molecule has 1 heterocycles. The normalized spacial score (nSPS) is 20.4. The highest BCUT2D eigenvalue weighted by molar-refractivity contribution is 7.91. The van der Waals surface area contributed by atoms with E-state index in [0.717, 1.165) is 5.56 Å². The largest absolute Gasteiger partial charge is 0.467 e. The molecule has 1 aliphatic heterocycles. The highest BCUT2D eigenvalue weighted by Crippen LogP contribution is 2.22. The number of hydrogen-bond donors (Lipinski definition) is 0. The Morgan fingerprint density at radius 2 is 1.96 bits per heavy atom. The Bertz CT molecular complexity index is 716. The van der Waals surface area contributed by atoms with Gasteiger partial charge in [0.2, 0.25) is 5.91 Å². The molecule has 0 aromatic heterocycles. The summed E-state index contributed by atoms with van der Waals surface area (Å²) in [6.45, 7) is 1.55. The Morgan fingerprint density at radius 1 is 1.33 bits per heavy atom. The number of hydrogen-bond acceptors (Lipinski definition) is 5. The van der Waals surface area contributed by atoms with Crippen molar-refractivity contribution in [1.29, 1.82) is 0 Å². The van der Waals surface area contributed by atoms with Crippen LogP contribution < -0.4 is 0 Å². The number of benzene rings is 1. The SMILES string of the molecule is COC(=O)C(C)N(C(=O)Cc1ccc(Cl)cc1)C1CCS(=O)(=O)C1. The van der Waals surface area contributed by atoms with Gasteiger partial charge in [0.05, 0.1) is 25.0 Å². The van der Waals surface area contributed by atoms with E-state index in [1.54, 1.807) is 31.2 Å². The first-order valence-electron chi connectivity index (χ1n) is 7.57. The van der Waals surface area contributed by atoms with E-state index in [1.807, 2.05) is 0 Å². The minimum atomic E-state index is -3.18. The summed E-state index contributed by atoms with van der Waals surface area (Å²) in [5, 5.41) is 0.563. The summed E-state index contributed by atoms with van der Waals surface area (Å²) in [6, 6.07) is 5.47. The molecular weight excluding hydrogens is 354 g/mol. The smallest absolute Gasteiger partial charge is 0.328 e. The van der Waals surface area contributed by atoms with Crippen LogP contribution in [0.15, 0.2) is 24.3 Å². The topological polar surface area (TPSA) is 80.8 Å². The van der Waals surface area contributed by atoms with E-state index in [1.165, 1.54) is 12.0 Å². The molecule has 1 amide bonds. The molecule has 0 saturated carbocycles. The highest BCUT2D eigenvalue weighted by Gasteiger charge is 2.39. The zero-order valence-electron chi connectivity index (χ0n) is 13.6. The maximum Gasteiger partial charge on any atom is 0.328 e. The van der Waals surface area contributed by atoms with E-state index in [4.69, 9.17) is 16.3 Å². The lowest BCUT2D eigenvalue weighted by Crippen LogP contribution is -2.50. The summed E-state index contributed by atoms with van der Waals surface area (Å²) < 4.78 is 28.2. The summed E-state index contributed by atoms with van der Waals surface area (Å²) >= 11 is 5.83. The second-order valence-electron chi connectivity index (χ2n) is 5.86. The molecule has 1 aliphatic rings. The molecule has 1 aromatic rings. The van der Waals surface area contributed by atoms with E-state index in [2.05, 4.69) is 0 Å². The molecule has 1 aromatic carbocycles. The lowest BCUT2D eigenvalue weighted by Gasteiger charge is -2.32. The van der Waals surface area contributed by atoms with Gasteiger partial charge in [-0.05, 0) is 31.0 Å². The number of ether oxygens (including phenoxy) is 1. The molecule has 2 atom stereocenters. The molecule has 2 unspecified atom stereocenters. The average molecular weight is 374 g/mol. The number of rotatable bonds is 5. The first-order valence-corrected chi connectivity index (χ1v) is 9.77. The number of amides is 1. The molecular formula is C16H20ClNO5S. The standard InChI is InChI=1S/C16H20ClNO5S/c1-11(16(20)23-2)18(14-7-8-24(21,22)10-14)15(19)9-12-3-5-13(17)6-4-12/h3-6,11,14H,7-10H2,1-2H3. The van der Waals surface area contributed by atoms with Gasteiger partial charge in [0.1, 0.15) is 6.04 Å². The van der Waals surface area contributed by atoms with E-state index < -0.39 is 27.9 Å². The predicted octanol–water partition coefficient (Wildman–Crippen LogP) is 1.46. The number of carbonyl (C=O) groups is 2. The second kappa shape index (κ2) is 7.53. The van der Waals surface area contributed by atoms with Gasteiger partial charge in [-0.15, -0.1) is 0 Å². The third kappa shape index (κ3) is 4.48. The van der Waals surface area contributed by atoms with Gasteiger partial charge < -0.3 is 9.64 Å². The Balaban J connectivity index is 2.22. The molecule has 8 heteroatoms. The summed E-state index contributed by atoms with van der Waals surface area (Å²) in [6.07, 6.45) is 0.394. The van der Waals surface area contributed by atoms with Crippen LogP contribution >= 0.6 is 11.6 Å². The van der Waals surface area contributed by atoms with Crippen molar-refractivity contribution in [3.63, 3.8) is 0 Å². The monoisotopic (exact) mass is 373 g/mol. The van der Waals surface area contributed by atoms with Crippen molar-refractivity contribution in [2.24, 2.45) is 0 Å². The van der Waals surface area contributed by atoms with Crippen molar-refractivity contribution in [3.8, 4) is 0 Å². The van der Waals surface area contributed by atoms with Gasteiger partial charge in [0.15, 0.2) is 9.84 Å². The fourth-order valence-electron chi connectivity index (χ4n) is 2.88. The molecule has 24 heavy (non-hydrogen) atoms. The Kier molecular flexibility index (Phi) is 5.87. The molecule has 0 spiro atoms. The summed E-state index contributed by atoms with van der Waals surface area (Å²) in [5.41, 5.74) is 0.743. The number of carbonyl (C=O) groups excluding carboxylic acids is 2. The van der Waals surface area contributed by atoms with Gasteiger partial charge in [-0.3, -0.25) is 4.79 Å². The number of methoxy groups -OCH3 is 1. The first-order chi connectivity index (χ1) is 11.2. The maximum absolute atomic E-state index is 12.7. The lowest BCUT2D eigenvalue weighted by atomic mass is 10.1. The van der Waals surface area contributed by atoms with Gasteiger partial charge in [-0.2, -0.15) is 0 Å². The molecule has 6 nitrogen and oxygen atoms in total. The van der Waals surface area contributed by atoms with Crippen molar-refractivity contribution in [1.82, 2.24) is 4.90 Å². The average Bonchev–Trinajstić information content (AvgIpc) is 2.88. The fraction of sp³-hybridized carbons (Fsp3) is 0.500. The minimum absolute atomic E-state index is 0.0241. The van der Waals surface area contributed by atoms with Crippen LogP contribution in [-0.4, -0.2) is 55.9 Å². The number of sulfone groups is 1. The number of halogens is 1. The Hall–Kier alpha value is -1.60. The van der Waals surface area contributed by atoms with Crippen molar-refractivity contribution < 1.29 is 22.7 Å². The van der Waals surface area contributed by atoms with Crippen molar-refractivity contribution in [2.45, 2.75) is 31.8 Å². The molecule has 1 fully saturated rings. The van der Waals surface area contributed by atoms with Crippen LogP contribution in [0.2, 0.25) is 5.02 Å². The van der Waals surface area contributed by atoms with Crippen LogP contribution in [0.4, 0.5) is 0 Å². The van der Waals surface area contributed by atoms with Crippen LogP contribution in [0.3, 0.4) is 0 Å². The molecule has 0 radical (unpaired) electrons. The summed E-state index contributed by atoms with van der Waals surface area (Å²) in [4.78, 5) is 26.0. The predicted molar refractivity (Wildman–Crippen MR) is 90.5 cm³/mol. The first kappa shape index (κ1) is 18.7. The van der Waals surface area contributed by atoms with E-state index in [-0.39, 0.29) is 23.8 Å². The van der Waals surface area contributed by atoms with Crippen molar-refractivity contribution >= 4 is 33.3 Å². The van der Waals surface area contributed by atoms with Crippen molar-refractivity contribution in [3.05, 3.63) is 34.9 Å². The third-order valence-corrected chi connectivity index (χ3v) is 6.12. The van der Waals surface area contributed by atoms with E-state index in [0.29, 0.717) is 11.4 Å². The zero-order chi connectivity index (χ0) is 17.9. The summed E-state index contributed by atoms with van der Waals surface area (Å²) in [5.74, 6) is -0.974. The molecule has 2 rings (SSSR count). The second-order valence-corrected chi connectivity index (χ2v) is 8.53. The zero-order valence-corrected chi connectivity index (χ0v) is 15.1. The quantitative estimate of drug-likeness (QED) is 0.730. The van der Waals surface area contributed by atoms with Crippen LogP contribution in [0.25, 0.3) is 0 Å². The van der Waals surface area contributed by atoms with E-state index in [9.17, 15) is 18.0 Å². The number of nitrogens with zero attached hydrogens (tertiary/aromatic N) is 1. The van der Waals surface area contributed by atoms with Crippen LogP contribution in [0.5, 0.6) is 0 Å². The van der Waals surface area contributed by atoms with Gasteiger partial charge in [-0.25, -0.2) is 13.2 Å². The minimum Gasteiger partial charge on any atom is -0.467 e. The Morgan fingerprint density at radius 3 is 2.46 bits per heavy atom. The van der Waals surface area contributed by atoms with Crippen LogP contribution in [-0.2, 0) is 30.6 Å². The fourth-order valence-corrected chi connectivity index (χ4v) is 4.72. The van der Waals surface area contributed by atoms with Gasteiger partial charge >= 0.3 is 5.97 Å². The van der Waals surface area contributed by atoms with Crippen LogP contribution in [0, 0.1) is 0 Å². The lowest BCUT2D eigenvalue weighted by molar-refractivity contribution is -0.153. The third-order valence-electron chi connectivity index (χ3n) is 4.12. The molecule has 0 bridgehead atoms. The molecule has 1 saturated heterocycles. The maximum atomic E-state index is 12.7. The van der Waals surface area contributed by atoms with Gasteiger partial charge in [-0.1, -0.05) is 23.7 Å². The van der Waals surface area contributed by atoms with Gasteiger partial charge in [0, 0.05) is 11.1 Å². The molecule has 132 valence electrons. The highest BCUT2D eigenvalue weighted by atomic mass is 35.5. The number of esters is 1. The van der Waals surface area contributed by atoms with E-state index >= 15 is 0 Å². The molecule has 0 aliphatic carbocycles. The van der Waals surface area contributed by atoms with Crippen LogP contribution in [0.1, 0.15) is 18.9 Å². The molecule has 0 N–H and O–H groups in total.